The predicted octanol–water partition coefficient (Wildman–Crippen LogP) is 4.90. The standard InChI is InChI=1S/C18H18ClN3/c1-12-3-2-4-13(9-12)14-5-6-15(10-14)22-8-7-16-17(19)20-11-21-18(16)22/h2-4,7-9,11,14-15H,5-6,10H2,1H3. The Balaban J connectivity index is 1.63. The van der Waals surface area contributed by atoms with E-state index < -0.39 is 0 Å². The van der Waals surface area contributed by atoms with Crippen LogP contribution in [-0.2, 0) is 0 Å². The molecular weight excluding hydrogens is 294 g/mol. The van der Waals surface area contributed by atoms with Gasteiger partial charge in [0.1, 0.15) is 17.1 Å². The molecule has 0 amide bonds. The van der Waals surface area contributed by atoms with Crippen LogP contribution in [0.1, 0.15) is 42.3 Å². The highest BCUT2D eigenvalue weighted by atomic mass is 35.5. The van der Waals surface area contributed by atoms with Crippen LogP contribution in [0.4, 0.5) is 0 Å². The summed E-state index contributed by atoms with van der Waals surface area (Å²) in [6.07, 6.45) is 7.23. The number of hydrogen-bond acceptors (Lipinski definition) is 2. The summed E-state index contributed by atoms with van der Waals surface area (Å²) in [5.74, 6) is 0.639. The fourth-order valence-electron chi connectivity index (χ4n) is 3.67. The average Bonchev–Trinajstić information content (AvgIpc) is 3.14. The van der Waals surface area contributed by atoms with Gasteiger partial charge in [-0.2, -0.15) is 0 Å². The molecule has 2 atom stereocenters. The molecule has 0 radical (unpaired) electrons. The monoisotopic (exact) mass is 311 g/mol. The van der Waals surface area contributed by atoms with Gasteiger partial charge in [-0.25, -0.2) is 9.97 Å². The van der Waals surface area contributed by atoms with Crippen molar-refractivity contribution in [1.29, 1.82) is 0 Å². The van der Waals surface area contributed by atoms with E-state index in [1.54, 1.807) is 6.33 Å². The van der Waals surface area contributed by atoms with Crippen molar-refractivity contribution >= 4 is 22.6 Å². The van der Waals surface area contributed by atoms with Crippen LogP contribution in [0.5, 0.6) is 0 Å². The van der Waals surface area contributed by atoms with Gasteiger partial charge in [0.2, 0.25) is 0 Å². The van der Waals surface area contributed by atoms with Gasteiger partial charge in [-0.3, -0.25) is 0 Å². The Kier molecular flexibility index (Phi) is 3.38. The summed E-state index contributed by atoms with van der Waals surface area (Å²) in [7, 11) is 0. The van der Waals surface area contributed by atoms with Crippen molar-refractivity contribution in [2.24, 2.45) is 0 Å². The van der Waals surface area contributed by atoms with Gasteiger partial charge < -0.3 is 4.57 Å². The van der Waals surface area contributed by atoms with Crippen molar-refractivity contribution in [3.8, 4) is 0 Å². The number of aromatic nitrogens is 3. The van der Waals surface area contributed by atoms with Crippen molar-refractivity contribution < 1.29 is 0 Å². The molecule has 2 heterocycles. The van der Waals surface area contributed by atoms with Crippen LogP contribution in [0, 0.1) is 6.92 Å². The molecule has 1 aliphatic carbocycles. The Morgan fingerprint density at radius 3 is 2.95 bits per heavy atom. The molecule has 1 aromatic carbocycles. The lowest BCUT2D eigenvalue weighted by atomic mass is 9.96. The zero-order valence-corrected chi connectivity index (χ0v) is 13.3. The third-order valence-electron chi connectivity index (χ3n) is 4.77. The Labute approximate surface area is 135 Å². The summed E-state index contributed by atoms with van der Waals surface area (Å²) >= 11 is 6.15. The highest BCUT2D eigenvalue weighted by Crippen LogP contribution is 2.42. The number of rotatable bonds is 2. The maximum atomic E-state index is 6.15. The van der Waals surface area contributed by atoms with E-state index >= 15 is 0 Å². The molecule has 22 heavy (non-hydrogen) atoms. The van der Waals surface area contributed by atoms with E-state index in [1.807, 2.05) is 6.07 Å². The van der Waals surface area contributed by atoms with Crippen LogP contribution in [-0.4, -0.2) is 14.5 Å². The largest absolute Gasteiger partial charge is 0.329 e. The minimum atomic E-state index is 0.494. The van der Waals surface area contributed by atoms with Gasteiger partial charge in [-0.05, 0) is 43.7 Å². The van der Waals surface area contributed by atoms with Crippen LogP contribution < -0.4 is 0 Å². The number of hydrogen-bond donors (Lipinski definition) is 0. The van der Waals surface area contributed by atoms with E-state index in [0.29, 0.717) is 17.1 Å². The van der Waals surface area contributed by atoms with E-state index in [4.69, 9.17) is 11.6 Å². The lowest BCUT2D eigenvalue weighted by Gasteiger charge is -2.15. The molecule has 3 nitrogen and oxygen atoms in total. The molecule has 0 bridgehead atoms. The smallest absolute Gasteiger partial charge is 0.145 e. The third-order valence-corrected chi connectivity index (χ3v) is 5.07. The summed E-state index contributed by atoms with van der Waals surface area (Å²) in [4.78, 5) is 8.49. The average molecular weight is 312 g/mol. The Morgan fingerprint density at radius 1 is 1.18 bits per heavy atom. The lowest BCUT2D eigenvalue weighted by Crippen LogP contribution is -2.05. The topological polar surface area (TPSA) is 30.7 Å². The Hall–Kier alpha value is -1.87. The van der Waals surface area contributed by atoms with Crippen LogP contribution in [0.15, 0.2) is 42.9 Å². The highest BCUT2D eigenvalue weighted by Gasteiger charge is 2.28. The van der Waals surface area contributed by atoms with E-state index in [-0.39, 0.29) is 0 Å². The van der Waals surface area contributed by atoms with Gasteiger partial charge in [0, 0.05) is 12.2 Å². The van der Waals surface area contributed by atoms with Crippen molar-refractivity contribution in [1.82, 2.24) is 14.5 Å². The second kappa shape index (κ2) is 5.40. The van der Waals surface area contributed by atoms with E-state index in [0.717, 1.165) is 17.5 Å². The summed E-state index contributed by atoms with van der Waals surface area (Å²) in [6.45, 7) is 2.16. The van der Waals surface area contributed by atoms with Gasteiger partial charge in [0.25, 0.3) is 0 Å². The molecule has 4 heteroatoms. The maximum absolute atomic E-state index is 6.15. The molecule has 2 unspecified atom stereocenters. The normalized spacial score (nSPS) is 21.5. The van der Waals surface area contributed by atoms with Gasteiger partial charge >= 0.3 is 0 Å². The second-order valence-corrected chi connectivity index (χ2v) is 6.56. The Bertz CT molecular complexity index is 824. The minimum absolute atomic E-state index is 0.494. The first-order chi connectivity index (χ1) is 10.7. The van der Waals surface area contributed by atoms with Crippen LogP contribution in [0.25, 0.3) is 11.0 Å². The number of nitrogens with zero attached hydrogens (tertiary/aromatic N) is 3. The van der Waals surface area contributed by atoms with Gasteiger partial charge in [0.15, 0.2) is 0 Å². The highest BCUT2D eigenvalue weighted by molar-refractivity contribution is 6.33. The third kappa shape index (κ3) is 2.30. The molecule has 0 saturated heterocycles. The summed E-state index contributed by atoms with van der Waals surface area (Å²) < 4.78 is 2.28. The van der Waals surface area contributed by atoms with Crippen molar-refractivity contribution in [2.75, 3.05) is 0 Å². The quantitative estimate of drug-likeness (QED) is 0.630. The van der Waals surface area contributed by atoms with Crippen LogP contribution in [0.3, 0.4) is 0 Å². The summed E-state index contributed by atoms with van der Waals surface area (Å²) in [5, 5.41) is 1.49. The molecule has 112 valence electrons. The van der Waals surface area contributed by atoms with E-state index in [1.165, 1.54) is 24.0 Å². The molecule has 4 rings (SSSR count). The number of benzene rings is 1. The van der Waals surface area contributed by atoms with Crippen LogP contribution >= 0.6 is 11.6 Å². The first kappa shape index (κ1) is 13.8. The van der Waals surface area contributed by atoms with Gasteiger partial charge in [-0.1, -0.05) is 41.4 Å². The zero-order valence-electron chi connectivity index (χ0n) is 12.5. The van der Waals surface area contributed by atoms with Crippen LogP contribution in [0.2, 0.25) is 5.15 Å². The molecule has 0 aliphatic heterocycles. The van der Waals surface area contributed by atoms with Crippen molar-refractivity contribution in [3.05, 3.63) is 59.1 Å². The van der Waals surface area contributed by atoms with Crippen molar-refractivity contribution in [3.63, 3.8) is 0 Å². The number of halogens is 1. The molecule has 1 aliphatic rings. The van der Waals surface area contributed by atoms with E-state index in [2.05, 4.69) is 51.9 Å². The molecule has 3 aromatic rings. The van der Waals surface area contributed by atoms with Gasteiger partial charge in [-0.15, -0.1) is 0 Å². The number of fused-ring (bicyclic) bond motifs is 1. The molecule has 1 saturated carbocycles. The van der Waals surface area contributed by atoms with Crippen molar-refractivity contribution in [2.45, 2.75) is 38.1 Å². The lowest BCUT2D eigenvalue weighted by molar-refractivity contribution is 0.523. The SMILES string of the molecule is Cc1cccc(C2CCC(n3ccc4c(Cl)ncnc43)C2)c1. The maximum Gasteiger partial charge on any atom is 0.145 e. The molecular formula is C18H18ClN3. The first-order valence-corrected chi connectivity index (χ1v) is 8.14. The summed E-state index contributed by atoms with van der Waals surface area (Å²) in [6, 6.07) is 11.4. The molecule has 0 spiro atoms. The molecule has 2 aromatic heterocycles. The van der Waals surface area contributed by atoms with E-state index in [9.17, 15) is 0 Å². The number of aryl methyl sites for hydroxylation is 1. The molecule has 1 fully saturated rings. The fourth-order valence-corrected chi connectivity index (χ4v) is 3.86. The Morgan fingerprint density at radius 2 is 2.09 bits per heavy atom. The minimum Gasteiger partial charge on any atom is -0.329 e. The first-order valence-electron chi connectivity index (χ1n) is 7.76. The van der Waals surface area contributed by atoms with Gasteiger partial charge in [0.05, 0.1) is 5.39 Å². The zero-order chi connectivity index (χ0) is 15.1. The molecule has 0 N–H and O–H groups in total. The fraction of sp³-hybridized carbons (Fsp3) is 0.333. The predicted molar refractivity (Wildman–Crippen MR) is 89.3 cm³/mol. The summed E-state index contributed by atoms with van der Waals surface area (Å²) in [5.41, 5.74) is 3.76. The second-order valence-electron chi connectivity index (χ2n) is 6.20.